The SMILES string of the molecule is CC(=O)OCC(=O)N1N=C(c2ccc(C)cc2)C[C@@H]1c1ccco1. The zero-order valence-corrected chi connectivity index (χ0v) is 13.6. The normalized spacial score (nSPS) is 16.8. The van der Waals surface area contributed by atoms with Gasteiger partial charge in [0.2, 0.25) is 0 Å². The molecule has 0 spiro atoms. The van der Waals surface area contributed by atoms with Crippen molar-refractivity contribution in [1.82, 2.24) is 5.01 Å². The third kappa shape index (κ3) is 3.37. The fraction of sp³-hybridized carbons (Fsp3) is 0.278. The summed E-state index contributed by atoms with van der Waals surface area (Å²) in [5.74, 6) is -0.231. The molecule has 3 rings (SSSR count). The average Bonchev–Trinajstić information content (AvgIpc) is 3.22. The predicted octanol–water partition coefficient (Wildman–Crippen LogP) is 2.83. The number of hydrogen-bond donors (Lipinski definition) is 0. The number of carbonyl (C=O) groups excluding carboxylic acids is 2. The van der Waals surface area contributed by atoms with Gasteiger partial charge in [-0.15, -0.1) is 0 Å². The molecule has 24 heavy (non-hydrogen) atoms. The van der Waals surface area contributed by atoms with Crippen LogP contribution in [0.1, 0.15) is 36.3 Å². The molecule has 0 aliphatic carbocycles. The number of furan rings is 1. The molecule has 0 N–H and O–H groups in total. The Labute approximate surface area is 139 Å². The molecule has 1 aliphatic heterocycles. The Morgan fingerprint density at radius 3 is 2.67 bits per heavy atom. The maximum atomic E-state index is 12.4. The van der Waals surface area contributed by atoms with E-state index < -0.39 is 5.97 Å². The number of rotatable bonds is 4. The third-order valence-electron chi connectivity index (χ3n) is 3.82. The van der Waals surface area contributed by atoms with E-state index >= 15 is 0 Å². The van der Waals surface area contributed by atoms with Crippen molar-refractivity contribution < 1.29 is 18.7 Å². The lowest BCUT2D eigenvalue weighted by Crippen LogP contribution is -2.30. The van der Waals surface area contributed by atoms with E-state index in [0.29, 0.717) is 12.2 Å². The smallest absolute Gasteiger partial charge is 0.303 e. The molecule has 1 aromatic heterocycles. The highest BCUT2D eigenvalue weighted by Gasteiger charge is 2.35. The van der Waals surface area contributed by atoms with Gasteiger partial charge in [-0.3, -0.25) is 9.59 Å². The van der Waals surface area contributed by atoms with Crippen LogP contribution in [0, 0.1) is 6.92 Å². The maximum Gasteiger partial charge on any atom is 0.303 e. The Bertz CT molecular complexity index is 763. The van der Waals surface area contributed by atoms with Gasteiger partial charge in [-0.2, -0.15) is 5.10 Å². The van der Waals surface area contributed by atoms with E-state index in [4.69, 9.17) is 9.15 Å². The minimum atomic E-state index is -0.500. The molecule has 1 amide bonds. The van der Waals surface area contributed by atoms with Crippen LogP contribution in [-0.2, 0) is 14.3 Å². The van der Waals surface area contributed by atoms with Gasteiger partial charge in [0.05, 0.1) is 12.0 Å². The van der Waals surface area contributed by atoms with E-state index in [1.165, 1.54) is 11.9 Å². The molecule has 2 aromatic rings. The van der Waals surface area contributed by atoms with Crippen LogP contribution >= 0.6 is 0 Å². The quantitative estimate of drug-likeness (QED) is 0.810. The number of ether oxygens (including phenoxy) is 1. The van der Waals surface area contributed by atoms with Gasteiger partial charge in [-0.05, 0) is 24.6 Å². The fourth-order valence-corrected chi connectivity index (χ4v) is 2.59. The highest BCUT2D eigenvalue weighted by atomic mass is 16.5. The Hall–Kier alpha value is -2.89. The van der Waals surface area contributed by atoms with E-state index in [0.717, 1.165) is 16.8 Å². The monoisotopic (exact) mass is 326 g/mol. The lowest BCUT2D eigenvalue weighted by Gasteiger charge is -2.19. The lowest BCUT2D eigenvalue weighted by molar-refractivity contribution is -0.151. The van der Waals surface area contributed by atoms with Crippen molar-refractivity contribution in [2.45, 2.75) is 26.3 Å². The molecule has 6 nitrogen and oxygen atoms in total. The van der Waals surface area contributed by atoms with E-state index in [-0.39, 0.29) is 18.6 Å². The molecular formula is C18H18N2O4. The molecule has 0 radical (unpaired) electrons. The zero-order chi connectivity index (χ0) is 17.1. The van der Waals surface area contributed by atoms with Gasteiger partial charge < -0.3 is 9.15 Å². The minimum absolute atomic E-state index is 0.334. The number of benzene rings is 1. The first-order valence-electron chi connectivity index (χ1n) is 7.68. The van der Waals surface area contributed by atoms with E-state index in [9.17, 15) is 9.59 Å². The molecule has 1 aliphatic rings. The van der Waals surface area contributed by atoms with Gasteiger partial charge in [-0.25, -0.2) is 5.01 Å². The van der Waals surface area contributed by atoms with Crippen LogP contribution in [0.2, 0.25) is 0 Å². The van der Waals surface area contributed by atoms with Gasteiger partial charge in [0.25, 0.3) is 5.91 Å². The fourth-order valence-electron chi connectivity index (χ4n) is 2.59. The summed E-state index contributed by atoms with van der Waals surface area (Å²) in [5, 5.41) is 5.80. The lowest BCUT2D eigenvalue weighted by atomic mass is 10.0. The molecule has 2 heterocycles. The van der Waals surface area contributed by atoms with Gasteiger partial charge in [-0.1, -0.05) is 29.8 Å². The number of aryl methyl sites for hydroxylation is 1. The summed E-state index contributed by atoms with van der Waals surface area (Å²) in [6, 6.07) is 11.2. The Kier molecular flexibility index (Phi) is 4.46. The van der Waals surface area contributed by atoms with E-state index in [2.05, 4.69) is 5.10 Å². The number of hydrogen-bond acceptors (Lipinski definition) is 5. The van der Waals surface area contributed by atoms with Crippen molar-refractivity contribution in [2.75, 3.05) is 6.61 Å². The first-order chi connectivity index (χ1) is 11.5. The van der Waals surface area contributed by atoms with Crippen LogP contribution in [0.4, 0.5) is 0 Å². The first kappa shape index (κ1) is 16.0. The minimum Gasteiger partial charge on any atom is -0.467 e. The van der Waals surface area contributed by atoms with Crippen molar-refractivity contribution >= 4 is 17.6 Å². The molecule has 6 heteroatoms. The number of nitrogens with zero attached hydrogens (tertiary/aromatic N) is 2. The largest absolute Gasteiger partial charge is 0.467 e. The highest BCUT2D eigenvalue weighted by Crippen LogP contribution is 2.33. The molecule has 0 saturated carbocycles. The van der Waals surface area contributed by atoms with Crippen molar-refractivity contribution in [2.24, 2.45) is 5.10 Å². The second kappa shape index (κ2) is 6.70. The van der Waals surface area contributed by atoms with Gasteiger partial charge in [0.15, 0.2) is 6.61 Å². The summed E-state index contributed by atoms with van der Waals surface area (Å²) in [6.07, 6.45) is 2.11. The van der Waals surface area contributed by atoms with Crippen LogP contribution in [0.3, 0.4) is 0 Å². The summed E-state index contributed by atoms with van der Waals surface area (Å²) in [7, 11) is 0. The number of esters is 1. The number of carbonyl (C=O) groups is 2. The first-order valence-corrected chi connectivity index (χ1v) is 7.68. The van der Waals surface area contributed by atoms with Crippen molar-refractivity contribution in [3.8, 4) is 0 Å². The third-order valence-corrected chi connectivity index (χ3v) is 3.82. The molecule has 124 valence electrons. The summed E-state index contributed by atoms with van der Waals surface area (Å²) < 4.78 is 10.3. The number of hydrazone groups is 1. The highest BCUT2D eigenvalue weighted by molar-refractivity contribution is 6.03. The molecule has 0 fully saturated rings. The summed E-state index contributed by atoms with van der Waals surface area (Å²) in [5.41, 5.74) is 2.91. The Morgan fingerprint density at radius 2 is 2.04 bits per heavy atom. The van der Waals surface area contributed by atoms with Gasteiger partial charge in [0.1, 0.15) is 11.8 Å². The molecule has 1 atom stereocenters. The predicted molar refractivity (Wildman–Crippen MR) is 87.3 cm³/mol. The van der Waals surface area contributed by atoms with Gasteiger partial charge in [0, 0.05) is 13.3 Å². The molecular weight excluding hydrogens is 308 g/mol. The molecule has 0 unspecified atom stereocenters. The van der Waals surface area contributed by atoms with E-state index in [1.54, 1.807) is 12.3 Å². The molecule has 0 saturated heterocycles. The Morgan fingerprint density at radius 1 is 1.29 bits per heavy atom. The average molecular weight is 326 g/mol. The van der Waals surface area contributed by atoms with Crippen LogP contribution in [0.25, 0.3) is 0 Å². The second-order valence-electron chi connectivity index (χ2n) is 5.67. The summed E-state index contributed by atoms with van der Waals surface area (Å²) >= 11 is 0. The van der Waals surface area contributed by atoms with Crippen LogP contribution in [0.5, 0.6) is 0 Å². The second-order valence-corrected chi connectivity index (χ2v) is 5.67. The maximum absolute atomic E-state index is 12.4. The van der Waals surface area contributed by atoms with Crippen molar-refractivity contribution in [3.63, 3.8) is 0 Å². The van der Waals surface area contributed by atoms with Gasteiger partial charge >= 0.3 is 5.97 Å². The Balaban J connectivity index is 1.86. The standard InChI is InChI=1S/C18H18N2O4/c1-12-5-7-14(8-6-12)15-10-16(17-4-3-9-23-17)20(19-15)18(22)11-24-13(2)21/h3-9,16H,10-11H2,1-2H3/t16-/m1/s1. The zero-order valence-electron chi connectivity index (χ0n) is 13.6. The summed E-state index contributed by atoms with van der Waals surface area (Å²) in [4.78, 5) is 23.3. The van der Waals surface area contributed by atoms with Crippen LogP contribution < -0.4 is 0 Å². The van der Waals surface area contributed by atoms with Crippen molar-refractivity contribution in [3.05, 3.63) is 59.5 Å². The van der Waals surface area contributed by atoms with Crippen molar-refractivity contribution in [1.29, 1.82) is 0 Å². The van der Waals surface area contributed by atoms with E-state index in [1.807, 2.05) is 37.3 Å². The van der Waals surface area contributed by atoms with Crippen LogP contribution in [-0.4, -0.2) is 29.2 Å². The molecule has 0 bridgehead atoms. The number of amides is 1. The molecule has 1 aromatic carbocycles. The summed E-state index contributed by atoms with van der Waals surface area (Å²) in [6.45, 7) is 2.94. The van der Waals surface area contributed by atoms with Crippen LogP contribution in [0.15, 0.2) is 52.2 Å². The topological polar surface area (TPSA) is 72.1 Å².